The Bertz CT molecular complexity index is 1230. The van der Waals surface area contributed by atoms with Gasteiger partial charge < -0.3 is 24.3 Å². The summed E-state index contributed by atoms with van der Waals surface area (Å²) in [5, 5.41) is 3.38. The normalized spacial score (nSPS) is 19.4. The van der Waals surface area contributed by atoms with Crippen molar-refractivity contribution in [3.8, 4) is 17.2 Å². The Labute approximate surface area is 212 Å². The molecule has 0 amide bonds. The summed E-state index contributed by atoms with van der Waals surface area (Å²) in [6.45, 7) is 4.09. The van der Waals surface area contributed by atoms with E-state index < -0.39 is 11.9 Å². The number of allylic oxidation sites excluding steroid dienone is 3. The van der Waals surface area contributed by atoms with Gasteiger partial charge in [-0.15, -0.1) is 0 Å². The maximum absolute atomic E-state index is 13.9. The van der Waals surface area contributed by atoms with E-state index in [1.165, 1.54) is 0 Å². The quantitative estimate of drug-likeness (QED) is 0.519. The highest BCUT2D eigenvalue weighted by atomic mass is 16.5. The SMILES string of the molecule is CCCOC(=O)C1=C(C)NC2=C(C(=O)CC(c3ccccc3OC)C2)C1c1cc(OC)ccc1OC. The Balaban J connectivity index is 1.86. The molecule has 0 spiro atoms. The number of benzene rings is 2. The van der Waals surface area contributed by atoms with Gasteiger partial charge in [-0.05, 0) is 49.6 Å². The van der Waals surface area contributed by atoms with Crippen LogP contribution in [0.15, 0.2) is 65.0 Å². The standard InChI is InChI=1S/C29H33NO6/c1-6-13-36-29(32)26-17(2)30-22-14-18(20-9-7-8-10-24(20)34-4)15-23(31)28(22)27(26)21-16-19(33-3)11-12-25(21)35-5/h7-12,16,18,27,30H,6,13-15H2,1-5H3. The lowest BCUT2D eigenvalue weighted by molar-refractivity contribution is -0.139. The highest BCUT2D eigenvalue weighted by Crippen LogP contribution is 2.49. The van der Waals surface area contributed by atoms with Crippen LogP contribution in [0.2, 0.25) is 0 Å². The number of dihydropyridines is 1. The van der Waals surface area contributed by atoms with Gasteiger partial charge >= 0.3 is 5.97 Å². The molecule has 1 aliphatic carbocycles. The zero-order valence-electron chi connectivity index (χ0n) is 21.5. The lowest BCUT2D eigenvalue weighted by atomic mass is 9.71. The Kier molecular flexibility index (Phi) is 7.67. The molecule has 0 aromatic heterocycles. The van der Waals surface area contributed by atoms with Gasteiger partial charge in [0.15, 0.2) is 5.78 Å². The van der Waals surface area contributed by atoms with E-state index in [9.17, 15) is 9.59 Å². The van der Waals surface area contributed by atoms with Crippen molar-refractivity contribution in [3.63, 3.8) is 0 Å². The fourth-order valence-electron chi connectivity index (χ4n) is 5.18. The van der Waals surface area contributed by atoms with Crippen molar-refractivity contribution >= 4 is 11.8 Å². The minimum atomic E-state index is -0.637. The summed E-state index contributed by atoms with van der Waals surface area (Å²) >= 11 is 0. The van der Waals surface area contributed by atoms with E-state index in [-0.39, 0.29) is 11.7 Å². The molecular weight excluding hydrogens is 458 g/mol. The molecule has 0 bridgehead atoms. The van der Waals surface area contributed by atoms with Crippen LogP contribution in [0.25, 0.3) is 0 Å². The second kappa shape index (κ2) is 10.9. The number of Topliss-reactive ketones (excluding diaryl/α,β-unsaturated/α-hetero) is 1. The highest BCUT2D eigenvalue weighted by molar-refractivity contribution is 6.04. The number of hydrogen-bond donors (Lipinski definition) is 1. The highest BCUT2D eigenvalue weighted by Gasteiger charge is 2.43. The first kappa shape index (κ1) is 25.4. The molecule has 2 aromatic rings. The number of rotatable bonds is 8. The molecule has 0 radical (unpaired) electrons. The van der Waals surface area contributed by atoms with Gasteiger partial charge in [0.05, 0.1) is 39.4 Å². The first-order valence-electron chi connectivity index (χ1n) is 12.2. The third-order valence-corrected chi connectivity index (χ3v) is 6.81. The van der Waals surface area contributed by atoms with Crippen LogP contribution in [0.4, 0.5) is 0 Å². The third kappa shape index (κ3) is 4.70. The van der Waals surface area contributed by atoms with Gasteiger partial charge in [0.25, 0.3) is 0 Å². The van der Waals surface area contributed by atoms with Gasteiger partial charge in [-0.1, -0.05) is 25.1 Å². The van der Waals surface area contributed by atoms with Crippen LogP contribution in [0, 0.1) is 0 Å². The second-order valence-electron chi connectivity index (χ2n) is 9.00. The van der Waals surface area contributed by atoms with Gasteiger partial charge in [0, 0.05) is 34.9 Å². The molecule has 2 aliphatic rings. The van der Waals surface area contributed by atoms with E-state index >= 15 is 0 Å². The monoisotopic (exact) mass is 491 g/mol. The maximum Gasteiger partial charge on any atom is 0.336 e. The molecule has 0 saturated carbocycles. The van der Waals surface area contributed by atoms with Crippen LogP contribution in [-0.4, -0.2) is 39.7 Å². The van der Waals surface area contributed by atoms with Crippen molar-refractivity contribution in [2.75, 3.05) is 27.9 Å². The molecule has 2 aromatic carbocycles. The van der Waals surface area contributed by atoms with Crippen molar-refractivity contribution in [2.45, 2.75) is 44.9 Å². The number of nitrogens with one attached hydrogen (secondary N) is 1. The second-order valence-corrected chi connectivity index (χ2v) is 9.00. The Morgan fingerprint density at radius 1 is 0.972 bits per heavy atom. The summed E-state index contributed by atoms with van der Waals surface area (Å²) in [7, 11) is 4.80. The van der Waals surface area contributed by atoms with E-state index in [4.69, 9.17) is 18.9 Å². The van der Waals surface area contributed by atoms with Gasteiger partial charge in [-0.2, -0.15) is 0 Å². The molecular formula is C29H33NO6. The lowest BCUT2D eigenvalue weighted by Crippen LogP contribution is -2.36. The van der Waals surface area contributed by atoms with Crippen molar-refractivity contribution in [1.82, 2.24) is 5.32 Å². The van der Waals surface area contributed by atoms with E-state index in [1.807, 2.05) is 44.2 Å². The number of esters is 1. The predicted molar refractivity (Wildman–Crippen MR) is 136 cm³/mol. The maximum atomic E-state index is 13.9. The number of carbonyl (C=O) groups excluding carboxylic acids is 2. The van der Waals surface area contributed by atoms with Crippen molar-refractivity contribution in [3.05, 3.63) is 76.1 Å². The van der Waals surface area contributed by atoms with E-state index in [0.29, 0.717) is 59.8 Å². The molecule has 1 aliphatic heterocycles. The third-order valence-electron chi connectivity index (χ3n) is 6.81. The van der Waals surface area contributed by atoms with Crippen LogP contribution in [0.1, 0.15) is 56.1 Å². The summed E-state index contributed by atoms with van der Waals surface area (Å²) in [5.74, 6) is 0.794. The van der Waals surface area contributed by atoms with Gasteiger partial charge in [0.1, 0.15) is 17.2 Å². The summed E-state index contributed by atoms with van der Waals surface area (Å²) in [5.41, 5.74) is 4.14. The zero-order valence-corrected chi connectivity index (χ0v) is 21.5. The molecule has 36 heavy (non-hydrogen) atoms. The molecule has 4 rings (SSSR count). The molecule has 7 heteroatoms. The zero-order chi connectivity index (χ0) is 25.8. The molecule has 1 N–H and O–H groups in total. The van der Waals surface area contributed by atoms with E-state index in [1.54, 1.807) is 33.5 Å². The molecule has 0 fully saturated rings. The van der Waals surface area contributed by atoms with E-state index in [2.05, 4.69) is 5.32 Å². The molecule has 2 atom stereocenters. The van der Waals surface area contributed by atoms with Crippen molar-refractivity contribution in [2.24, 2.45) is 0 Å². The topological polar surface area (TPSA) is 83.1 Å². The largest absolute Gasteiger partial charge is 0.497 e. The number of methoxy groups -OCH3 is 3. The number of ketones is 1. The average molecular weight is 492 g/mol. The van der Waals surface area contributed by atoms with Crippen LogP contribution < -0.4 is 19.5 Å². The number of carbonyl (C=O) groups is 2. The summed E-state index contributed by atoms with van der Waals surface area (Å²) < 4.78 is 22.3. The van der Waals surface area contributed by atoms with Crippen molar-refractivity contribution in [1.29, 1.82) is 0 Å². The first-order chi connectivity index (χ1) is 17.4. The Hall–Kier alpha value is -3.74. The van der Waals surface area contributed by atoms with Crippen LogP contribution in [0.5, 0.6) is 17.2 Å². The number of para-hydroxylation sites is 1. The molecule has 2 unspecified atom stereocenters. The fraction of sp³-hybridized carbons (Fsp3) is 0.379. The van der Waals surface area contributed by atoms with Gasteiger partial charge in [-0.3, -0.25) is 4.79 Å². The molecule has 190 valence electrons. The lowest BCUT2D eigenvalue weighted by Gasteiger charge is -2.37. The van der Waals surface area contributed by atoms with Crippen LogP contribution in [-0.2, 0) is 14.3 Å². The Morgan fingerprint density at radius 3 is 2.39 bits per heavy atom. The van der Waals surface area contributed by atoms with Gasteiger partial charge in [-0.25, -0.2) is 4.79 Å². The smallest absolute Gasteiger partial charge is 0.336 e. The van der Waals surface area contributed by atoms with Gasteiger partial charge in [0.2, 0.25) is 0 Å². The molecule has 1 heterocycles. The predicted octanol–water partition coefficient (Wildman–Crippen LogP) is 5.03. The minimum absolute atomic E-state index is 0.0252. The summed E-state index contributed by atoms with van der Waals surface area (Å²) in [6.07, 6.45) is 1.62. The minimum Gasteiger partial charge on any atom is -0.497 e. The number of hydrogen-bond acceptors (Lipinski definition) is 7. The molecule has 7 nitrogen and oxygen atoms in total. The summed E-state index contributed by atoms with van der Waals surface area (Å²) in [4.78, 5) is 27.2. The van der Waals surface area contributed by atoms with Crippen LogP contribution >= 0.6 is 0 Å². The molecule has 0 saturated heterocycles. The Morgan fingerprint density at radius 2 is 1.69 bits per heavy atom. The van der Waals surface area contributed by atoms with Crippen LogP contribution in [0.3, 0.4) is 0 Å². The number of ether oxygens (including phenoxy) is 4. The van der Waals surface area contributed by atoms with Crippen molar-refractivity contribution < 1.29 is 28.5 Å². The average Bonchev–Trinajstić information content (AvgIpc) is 2.90. The fourth-order valence-corrected chi connectivity index (χ4v) is 5.18. The first-order valence-corrected chi connectivity index (χ1v) is 12.2. The summed E-state index contributed by atoms with van der Waals surface area (Å²) in [6, 6.07) is 13.2. The van der Waals surface area contributed by atoms with E-state index in [0.717, 1.165) is 17.0 Å².